The van der Waals surface area contributed by atoms with Crippen molar-refractivity contribution in [3.8, 4) is 22.4 Å². The lowest BCUT2D eigenvalue weighted by Gasteiger charge is -2.30. The lowest BCUT2D eigenvalue weighted by Crippen LogP contribution is -2.51. The van der Waals surface area contributed by atoms with E-state index < -0.39 is 18.2 Å². The van der Waals surface area contributed by atoms with Crippen LogP contribution in [0.1, 0.15) is 75.0 Å². The molecule has 11 nitrogen and oxygen atoms in total. The number of nitrogens with one attached hydrogen (secondary N) is 2. The zero-order chi connectivity index (χ0) is 39.6. The number of nitrogens with two attached hydrogens (primary N) is 1. The molecule has 4 aromatic carbocycles. The Morgan fingerprint density at radius 3 is 2.14 bits per heavy atom. The molecular formula is C46H49N7O4. The SMILES string of the molecule is COC(=O)N[C@H](C(=O)N1CCC[C@H]1c1ncc(-c2ccc3cc(-c4ccc(C5=CN=C([C@@H]6CCCN6C(=O)[C@H](N)c6ccccc6)C5)cc4)ccc3c2)[nH]1)C(C)C. The lowest BCUT2D eigenvalue weighted by molar-refractivity contribution is -0.135. The van der Waals surface area contributed by atoms with Gasteiger partial charge in [-0.15, -0.1) is 0 Å². The summed E-state index contributed by atoms with van der Waals surface area (Å²) in [5, 5.41) is 4.95. The number of H-pyrrole nitrogens is 1. The van der Waals surface area contributed by atoms with Crippen molar-refractivity contribution in [2.45, 2.75) is 70.1 Å². The van der Waals surface area contributed by atoms with Crippen LogP contribution in [0.25, 0.3) is 38.7 Å². The molecule has 0 aliphatic carbocycles. The van der Waals surface area contributed by atoms with E-state index in [4.69, 9.17) is 20.4 Å². The summed E-state index contributed by atoms with van der Waals surface area (Å²) in [7, 11) is 1.30. The van der Waals surface area contributed by atoms with Crippen LogP contribution >= 0.6 is 0 Å². The van der Waals surface area contributed by atoms with E-state index in [0.29, 0.717) is 19.5 Å². The first-order chi connectivity index (χ1) is 27.7. The number of aromatic nitrogens is 2. The Bertz CT molecular complexity index is 2350. The molecule has 0 saturated carbocycles. The molecule has 3 aliphatic heterocycles. The number of benzene rings is 4. The number of likely N-dealkylation sites (tertiary alicyclic amines) is 2. The van der Waals surface area contributed by atoms with Crippen LogP contribution in [0.5, 0.6) is 0 Å². The number of rotatable bonds is 10. The number of alkyl carbamates (subject to hydrolysis) is 1. The second-order valence-electron chi connectivity index (χ2n) is 15.6. The number of methoxy groups -OCH3 is 1. The summed E-state index contributed by atoms with van der Waals surface area (Å²) in [4.78, 5) is 55.8. The highest BCUT2D eigenvalue weighted by atomic mass is 16.5. The Kier molecular flexibility index (Phi) is 10.7. The summed E-state index contributed by atoms with van der Waals surface area (Å²) in [5.74, 6) is 0.475. The fourth-order valence-corrected chi connectivity index (χ4v) is 8.50. The largest absolute Gasteiger partial charge is 0.453 e. The van der Waals surface area contributed by atoms with Crippen molar-refractivity contribution in [3.63, 3.8) is 0 Å². The molecule has 5 aromatic rings. The van der Waals surface area contributed by atoms with E-state index in [1.54, 1.807) is 0 Å². The van der Waals surface area contributed by atoms with E-state index >= 15 is 0 Å². The van der Waals surface area contributed by atoms with Gasteiger partial charge in [0.05, 0.1) is 31.1 Å². The number of imidazole rings is 1. The van der Waals surface area contributed by atoms with Crippen LogP contribution < -0.4 is 11.1 Å². The molecule has 3 amide bonds. The summed E-state index contributed by atoms with van der Waals surface area (Å²) < 4.78 is 4.77. The van der Waals surface area contributed by atoms with Gasteiger partial charge in [-0.3, -0.25) is 14.6 Å². The normalized spacial score (nSPS) is 19.1. The van der Waals surface area contributed by atoms with Gasteiger partial charge in [0.2, 0.25) is 11.8 Å². The highest BCUT2D eigenvalue weighted by Gasteiger charge is 2.38. The fourth-order valence-electron chi connectivity index (χ4n) is 8.50. The number of amides is 3. The first kappa shape index (κ1) is 37.8. The van der Waals surface area contributed by atoms with Gasteiger partial charge in [-0.25, -0.2) is 9.78 Å². The molecule has 1 aromatic heterocycles. The van der Waals surface area contributed by atoms with Crippen LogP contribution in [0, 0.1) is 5.92 Å². The smallest absolute Gasteiger partial charge is 0.407 e. The molecule has 2 saturated heterocycles. The number of ether oxygens (including phenoxy) is 1. The van der Waals surface area contributed by atoms with E-state index in [2.05, 4.69) is 71.0 Å². The van der Waals surface area contributed by atoms with E-state index in [9.17, 15) is 14.4 Å². The van der Waals surface area contributed by atoms with Gasteiger partial charge in [-0.2, -0.15) is 0 Å². The quantitative estimate of drug-likeness (QED) is 0.132. The van der Waals surface area contributed by atoms with Crippen molar-refractivity contribution < 1.29 is 19.1 Å². The molecule has 292 valence electrons. The van der Waals surface area contributed by atoms with Gasteiger partial charge in [0.15, 0.2) is 0 Å². The van der Waals surface area contributed by atoms with Gasteiger partial charge in [0, 0.05) is 37.0 Å². The zero-order valence-corrected chi connectivity index (χ0v) is 32.7. The van der Waals surface area contributed by atoms with E-state index in [0.717, 1.165) is 87.1 Å². The molecule has 4 heterocycles. The summed E-state index contributed by atoms with van der Waals surface area (Å²) in [6.45, 7) is 5.13. The number of carbonyl (C=O) groups is 3. The van der Waals surface area contributed by atoms with E-state index in [-0.39, 0.29) is 29.8 Å². The number of allylic oxidation sites excluding steroid dienone is 1. The van der Waals surface area contributed by atoms with Gasteiger partial charge in [0.25, 0.3) is 0 Å². The Morgan fingerprint density at radius 2 is 1.44 bits per heavy atom. The van der Waals surface area contributed by atoms with E-state index in [1.165, 1.54) is 7.11 Å². The van der Waals surface area contributed by atoms with Crippen LogP contribution in [0.3, 0.4) is 0 Å². The van der Waals surface area contributed by atoms with Crippen LogP contribution in [0.15, 0.2) is 108 Å². The van der Waals surface area contributed by atoms with Crippen LogP contribution in [0.4, 0.5) is 4.79 Å². The Balaban J connectivity index is 0.913. The highest BCUT2D eigenvalue weighted by Crippen LogP contribution is 2.35. The number of aliphatic imine (C=N–C) groups is 1. The average molecular weight is 764 g/mol. The maximum atomic E-state index is 13.6. The number of nitrogens with zero attached hydrogens (tertiary/aromatic N) is 4. The third-order valence-electron chi connectivity index (χ3n) is 11.7. The number of fused-ring (bicyclic) bond motifs is 1. The van der Waals surface area contributed by atoms with Gasteiger partial charge in [-0.05, 0) is 82.3 Å². The number of hydrogen-bond donors (Lipinski definition) is 3. The molecule has 4 atom stereocenters. The first-order valence-electron chi connectivity index (χ1n) is 19.9. The number of hydrogen-bond acceptors (Lipinski definition) is 7. The van der Waals surface area contributed by atoms with Gasteiger partial charge in [-0.1, -0.05) is 92.7 Å². The molecule has 4 N–H and O–H groups in total. The molecule has 0 unspecified atom stereocenters. The molecular weight excluding hydrogens is 715 g/mol. The zero-order valence-electron chi connectivity index (χ0n) is 32.7. The molecule has 2 fully saturated rings. The van der Waals surface area contributed by atoms with Crippen molar-refractivity contribution >= 4 is 40.0 Å². The molecule has 3 aliphatic rings. The maximum Gasteiger partial charge on any atom is 0.407 e. The van der Waals surface area contributed by atoms with Crippen molar-refractivity contribution in [1.29, 1.82) is 0 Å². The van der Waals surface area contributed by atoms with Gasteiger partial charge < -0.3 is 30.6 Å². The third-order valence-corrected chi connectivity index (χ3v) is 11.7. The van der Waals surface area contributed by atoms with Crippen LogP contribution in [0.2, 0.25) is 0 Å². The molecule has 0 spiro atoms. The fraction of sp³-hybridized carbons (Fsp3) is 0.326. The topological polar surface area (TPSA) is 146 Å². The Labute approximate surface area is 333 Å². The predicted molar refractivity (Wildman–Crippen MR) is 223 cm³/mol. The van der Waals surface area contributed by atoms with Gasteiger partial charge >= 0.3 is 6.09 Å². The maximum absolute atomic E-state index is 13.6. The summed E-state index contributed by atoms with van der Waals surface area (Å²) in [6.07, 6.45) is 7.38. The van der Waals surface area contributed by atoms with Crippen LogP contribution in [-0.4, -0.2) is 75.7 Å². The molecule has 11 heteroatoms. The number of carbonyl (C=O) groups excluding carboxylic acids is 3. The lowest BCUT2D eigenvalue weighted by atomic mass is 9.95. The van der Waals surface area contributed by atoms with Crippen molar-refractivity contribution in [1.82, 2.24) is 25.1 Å². The Hall–Kier alpha value is -6.07. The Morgan fingerprint density at radius 1 is 0.807 bits per heavy atom. The second-order valence-corrected chi connectivity index (χ2v) is 15.6. The summed E-state index contributed by atoms with van der Waals surface area (Å²) in [6, 6.07) is 29.5. The first-order valence-corrected chi connectivity index (χ1v) is 19.9. The van der Waals surface area contributed by atoms with Gasteiger partial charge in [0.1, 0.15) is 17.9 Å². The monoisotopic (exact) mass is 763 g/mol. The highest BCUT2D eigenvalue weighted by molar-refractivity contribution is 6.03. The minimum Gasteiger partial charge on any atom is -0.453 e. The van der Waals surface area contributed by atoms with Crippen molar-refractivity contribution in [2.75, 3.05) is 20.2 Å². The van der Waals surface area contributed by atoms with Crippen LogP contribution in [-0.2, 0) is 14.3 Å². The second kappa shape index (κ2) is 16.2. The number of aromatic amines is 1. The molecule has 57 heavy (non-hydrogen) atoms. The molecule has 8 rings (SSSR count). The summed E-state index contributed by atoms with van der Waals surface area (Å²) in [5.41, 5.74) is 14.7. The van der Waals surface area contributed by atoms with E-state index in [1.807, 2.05) is 66.4 Å². The minimum absolute atomic E-state index is 0.0251. The minimum atomic E-state index is -0.679. The average Bonchev–Trinajstić information content (AvgIpc) is 4.09. The molecule has 0 radical (unpaired) electrons. The third kappa shape index (κ3) is 7.72. The van der Waals surface area contributed by atoms with Crippen molar-refractivity contribution in [2.24, 2.45) is 16.6 Å². The summed E-state index contributed by atoms with van der Waals surface area (Å²) >= 11 is 0. The standard InChI is InChI=1S/C46H49N7O4/c1-28(2)42(51-46(56)57-3)45(55)53-22-8-12-40(53)43-49-27-38(50-43)35-20-19-33-23-32(17-18-34(33)24-35)29-13-15-30(16-14-29)36-25-37(48-26-36)39-11-7-21-52(39)44(54)41(47)31-9-5-4-6-10-31/h4-6,9-10,13-20,23-24,26-28,39-42H,7-8,11-12,21-22,25,47H2,1-3H3,(H,49,50)(H,51,56)/t39-,40-,41+,42-/m0/s1. The predicted octanol–water partition coefficient (Wildman–Crippen LogP) is 7.82. The van der Waals surface area contributed by atoms with Crippen molar-refractivity contribution in [3.05, 3.63) is 120 Å². The molecule has 0 bridgehead atoms.